The highest BCUT2D eigenvalue weighted by Crippen LogP contribution is 2.17. The number of rotatable bonds is 6. The van der Waals surface area contributed by atoms with E-state index in [1.807, 2.05) is 5.32 Å². The smallest absolute Gasteiger partial charge is 0.280 e. The second-order valence-corrected chi connectivity index (χ2v) is 5.63. The average Bonchev–Trinajstić information content (AvgIpc) is 2.86. The van der Waals surface area contributed by atoms with Crippen LogP contribution in [0.25, 0.3) is 0 Å². The van der Waals surface area contributed by atoms with Crippen molar-refractivity contribution in [2.24, 2.45) is 5.92 Å². The largest absolute Gasteiger partial charge is 0.360 e. The molecule has 1 amide bonds. The molecule has 0 aliphatic heterocycles. The van der Waals surface area contributed by atoms with Gasteiger partial charge in [-0.2, -0.15) is 0 Å². The Bertz CT molecular complexity index is 623. The van der Waals surface area contributed by atoms with Crippen LogP contribution < -0.4 is 10.6 Å². The molecule has 22 heavy (non-hydrogen) atoms. The number of amides is 1. The number of benzene rings is 1. The summed E-state index contributed by atoms with van der Waals surface area (Å²) in [5.74, 6) is 0.962. The van der Waals surface area contributed by atoms with Crippen LogP contribution in [0, 0.1) is 18.7 Å². The summed E-state index contributed by atoms with van der Waals surface area (Å²) in [5.41, 5.74) is 1.00. The summed E-state index contributed by atoms with van der Waals surface area (Å²) in [7, 11) is 0. The van der Waals surface area contributed by atoms with E-state index in [1.165, 1.54) is 12.1 Å². The molecule has 1 atom stereocenters. The second-order valence-electron chi connectivity index (χ2n) is 5.63. The number of aryl methyl sites for hydroxylation is 1. The number of anilines is 1. The van der Waals surface area contributed by atoms with Crippen molar-refractivity contribution in [3.63, 3.8) is 0 Å². The summed E-state index contributed by atoms with van der Waals surface area (Å²) >= 11 is 0. The molecule has 0 radical (unpaired) electrons. The predicted molar refractivity (Wildman–Crippen MR) is 80.6 cm³/mol. The summed E-state index contributed by atoms with van der Waals surface area (Å²) in [4.78, 5) is 12.0. The lowest BCUT2D eigenvalue weighted by Gasteiger charge is -2.19. The quantitative estimate of drug-likeness (QED) is 0.857. The number of nitrogens with zero attached hydrogens (tertiary/aromatic N) is 1. The van der Waals surface area contributed by atoms with Crippen molar-refractivity contribution < 1.29 is 19.0 Å². The number of carbonyl (C=O) groups is 1. The van der Waals surface area contributed by atoms with Gasteiger partial charge in [0.2, 0.25) is 0 Å². The number of hydrogen-bond donors (Lipinski definition) is 2. The molecule has 0 aliphatic rings. The monoisotopic (exact) mass is 306 g/mol. The van der Waals surface area contributed by atoms with Crippen molar-refractivity contribution >= 4 is 11.7 Å². The Morgan fingerprint density at radius 2 is 2.05 bits per heavy atom. The van der Waals surface area contributed by atoms with E-state index in [9.17, 15) is 9.18 Å². The van der Waals surface area contributed by atoms with Crippen LogP contribution in [0.1, 0.15) is 31.2 Å². The van der Waals surface area contributed by atoms with Crippen molar-refractivity contribution in [1.29, 1.82) is 0 Å². The molecule has 118 valence electrons. The SMILES string of the molecule is Cc1cc(NC(=O)C[NH2+][C@@H](c2ccc(F)cc2)C(C)C)no1. The first-order valence-corrected chi connectivity index (χ1v) is 7.27. The number of nitrogens with two attached hydrogens (primary N) is 1. The molecule has 5 nitrogen and oxygen atoms in total. The van der Waals surface area contributed by atoms with Gasteiger partial charge in [-0.25, -0.2) is 4.39 Å². The van der Waals surface area contributed by atoms with Gasteiger partial charge in [0, 0.05) is 17.5 Å². The summed E-state index contributed by atoms with van der Waals surface area (Å²) in [6, 6.07) is 8.15. The van der Waals surface area contributed by atoms with E-state index >= 15 is 0 Å². The van der Waals surface area contributed by atoms with E-state index in [4.69, 9.17) is 4.52 Å². The lowest BCUT2D eigenvalue weighted by molar-refractivity contribution is -0.692. The Hall–Kier alpha value is -2.21. The minimum absolute atomic E-state index is 0.0883. The van der Waals surface area contributed by atoms with Crippen molar-refractivity contribution in [2.45, 2.75) is 26.8 Å². The fourth-order valence-corrected chi connectivity index (χ4v) is 2.33. The van der Waals surface area contributed by atoms with Gasteiger partial charge < -0.3 is 15.2 Å². The average molecular weight is 306 g/mol. The molecule has 0 bridgehead atoms. The van der Waals surface area contributed by atoms with Gasteiger partial charge in [-0.05, 0) is 19.1 Å². The predicted octanol–water partition coefficient (Wildman–Crippen LogP) is 2.02. The normalized spacial score (nSPS) is 12.4. The van der Waals surface area contributed by atoms with E-state index in [1.54, 1.807) is 25.1 Å². The fourth-order valence-electron chi connectivity index (χ4n) is 2.33. The fraction of sp³-hybridized carbons (Fsp3) is 0.375. The Balaban J connectivity index is 1.94. The third-order valence-corrected chi connectivity index (χ3v) is 3.43. The molecule has 6 heteroatoms. The van der Waals surface area contributed by atoms with Crippen molar-refractivity contribution in [3.05, 3.63) is 47.5 Å². The summed E-state index contributed by atoms with van der Waals surface area (Å²) in [6.07, 6.45) is 0. The van der Waals surface area contributed by atoms with Gasteiger partial charge in [0.25, 0.3) is 5.91 Å². The Morgan fingerprint density at radius 1 is 1.36 bits per heavy atom. The molecule has 3 N–H and O–H groups in total. The van der Waals surface area contributed by atoms with Gasteiger partial charge in [-0.3, -0.25) is 4.79 Å². The molecule has 1 aromatic carbocycles. The zero-order valence-electron chi connectivity index (χ0n) is 13.0. The van der Waals surface area contributed by atoms with Gasteiger partial charge in [0.15, 0.2) is 12.4 Å². The van der Waals surface area contributed by atoms with Crippen LogP contribution in [-0.4, -0.2) is 17.6 Å². The maximum Gasteiger partial charge on any atom is 0.280 e. The van der Waals surface area contributed by atoms with Crippen LogP contribution in [-0.2, 0) is 4.79 Å². The van der Waals surface area contributed by atoms with E-state index in [0.717, 1.165) is 5.56 Å². The Morgan fingerprint density at radius 3 is 2.59 bits per heavy atom. The summed E-state index contributed by atoms with van der Waals surface area (Å²) < 4.78 is 17.9. The minimum Gasteiger partial charge on any atom is -0.360 e. The molecule has 2 rings (SSSR count). The van der Waals surface area contributed by atoms with E-state index in [0.29, 0.717) is 17.5 Å². The van der Waals surface area contributed by atoms with Crippen LogP contribution in [0.3, 0.4) is 0 Å². The van der Waals surface area contributed by atoms with Crippen molar-refractivity contribution in [1.82, 2.24) is 5.16 Å². The standard InChI is InChI=1S/C16H20FN3O2/c1-10(2)16(12-4-6-13(17)7-5-12)18-9-15(21)19-14-8-11(3)22-20-14/h4-8,10,16,18H,9H2,1-3H3,(H,19,20,21)/p+1/t16-/m1/s1. The molecule has 0 unspecified atom stereocenters. The second kappa shape index (κ2) is 7.17. The van der Waals surface area contributed by atoms with Crippen LogP contribution in [0.15, 0.2) is 34.9 Å². The molecule has 0 saturated heterocycles. The maximum atomic E-state index is 13.0. The molecule has 0 saturated carbocycles. The minimum atomic E-state index is -0.259. The van der Waals surface area contributed by atoms with Gasteiger partial charge in [-0.1, -0.05) is 31.1 Å². The highest BCUT2D eigenvalue weighted by atomic mass is 19.1. The summed E-state index contributed by atoms with van der Waals surface area (Å²) in [5, 5.41) is 8.35. The van der Waals surface area contributed by atoms with Gasteiger partial charge in [0.05, 0.1) is 0 Å². The highest BCUT2D eigenvalue weighted by molar-refractivity contribution is 5.90. The van der Waals surface area contributed by atoms with E-state index in [-0.39, 0.29) is 24.3 Å². The lowest BCUT2D eigenvalue weighted by atomic mass is 9.96. The van der Waals surface area contributed by atoms with Crippen LogP contribution >= 0.6 is 0 Å². The number of hydrogen-bond acceptors (Lipinski definition) is 3. The first-order chi connectivity index (χ1) is 10.5. The molecule has 0 spiro atoms. The van der Waals surface area contributed by atoms with Crippen molar-refractivity contribution in [3.8, 4) is 0 Å². The number of quaternary nitrogens is 1. The lowest BCUT2D eigenvalue weighted by Crippen LogP contribution is -2.88. The van der Waals surface area contributed by atoms with E-state index in [2.05, 4.69) is 24.3 Å². The first-order valence-electron chi connectivity index (χ1n) is 7.27. The molecule has 1 heterocycles. The molecular weight excluding hydrogens is 285 g/mol. The highest BCUT2D eigenvalue weighted by Gasteiger charge is 2.20. The topological polar surface area (TPSA) is 71.7 Å². The van der Waals surface area contributed by atoms with Gasteiger partial charge >= 0.3 is 0 Å². The van der Waals surface area contributed by atoms with Crippen molar-refractivity contribution in [2.75, 3.05) is 11.9 Å². The molecule has 1 aromatic heterocycles. The third kappa shape index (κ3) is 4.39. The first kappa shape index (κ1) is 16.2. The van der Waals surface area contributed by atoms with Crippen LogP contribution in [0.2, 0.25) is 0 Å². The summed E-state index contributed by atoms with van der Waals surface area (Å²) in [6.45, 7) is 6.16. The van der Waals surface area contributed by atoms with Gasteiger partial charge in [-0.15, -0.1) is 0 Å². The van der Waals surface area contributed by atoms with E-state index < -0.39 is 0 Å². The Kier molecular flexibility index (Phi) is 5.27. The number of carbonyl (C=O) groups excluding carboxylic acids is 1. The molecule has 2 aromatic rings. The zero-order chi connectivity index (χ0) is 16.1. The molecule has 0 fully saturated rings. The molecular formula is C16H21FN3O2+. The third-order valence-electron chi connectivity index (χ3n) is 3.43. The van der Waals surface area contributed by atoms with Crippen LogP contribution in [0.4, 0.5) is 10.2 Å². The maximum absolute atomic E-state index is 13.0. The molecule has 0 aliphatic carbocycles. The zero-order valence-corrected chi connectivity index (χ0v) is 13.0. The Labute approximate surface area is 128 Å². The van der Waals surface area contributed by atoms with Crippen LogP contribution in [0.5, 0.6) is 0 Å². The number of nitrogens with one attached hydrogen (secondary N) is 1. The van der Waals surface area contributed by atoms with Gasteiger partial charge in [0.1, 0.15) is 17.6 Å². The number of aromatic nitrogens is 1. The number of halogens is 1.